The van der Waals surface area contributed by atoms with E-state index in [9.17, 15) is 4.79 Å². The SMILES string of the molecule is CNC(=O)c1cccc(CCN=C(N)Nc2cccc3c2CCCC3)c1. The lowest BCUT2D eigenvalue weighted by atomic mass is 9.90. The maximum atomic E-state index is 11.7. The first-order valence-electron chi connectivity index (χ1n) is 9.16. The first-order valence-corrected chi connectivity index (χ1v) is 9.16. The van der Waals surface area contributed by atoms with E-state index in [-0.39, 0.29) is 5.91 Å². The number of anilines is 1. The Hall–Kier alpha value is -2.82. The minimum atomic E-state index is -0.0783. The van der Waals surface area contributed by atoms with E-state index in [2.05, 4.69) is 33.8 Å². The lowest BCUT2D eigenvalue weighted by Gasteiger charge is -2.19. The molecule has 0 aliphatic heterocycles. The van der Waals surface area contributed by atoms with E-state index in [1.807, 2.05) is 18.2 Å². The Morgan fingerprint density at radius 1 is 1.15 bits per heavy atom. The first-order chi connectivity index (χ1) is 12.7. The summed E-state index contributed by atoms with van der Waals surface area (Å²) in [7, 11) is 1.63. The van der Waals surface area contributed by atoms with Crippen LogP contribution >= 0.6 is 0 Å². The highest BCUT2D eigenvalue weighted by molar-refractivity contribution is 5.94. The fraction of sp³-hybridized carbons (Fsp3) is 0.333. The number of aryl methyl sites for hydroxylation is 1. The predicted octanol–water partition coefficient (Wildman–Crippen LogP) is 2.89. The smallest absolute Gasteiger partial charge is 0.251 e. The molecule has 0 radical (unpaired) electrons. The van der Waals surface area contributed by atoms with Gasteiger partial charge in [0.25, 0.3) is 5.91 Å². The van der Waals surface area contributed by atoms with Crippen molar-refractivity contribution in [2.24, 2.45) is 10.7 Å². The summed E-state index contributed by atoms with van der Waals surface area (Å²) < 4.78 is 0. The van der Waals surface area contributed by atoms with Gasteiger partial charge in [0.05, 0.1) is 0 Å². The highest BCUT2D eigenvalue weighted by Crippen LogP contribution is 2.27. The number of amides is 1. The van der Waals surface area contributed by atoms with Crippen molar-refractivity contribution in [1.82, 2.24) is 5.32 Å². The molecule has 0 saturated heterocycles. The van der Waals surface area contributed by atoms with Crippen LogP contribution in [0.5, 0.6) is 0 Å². The van der Waals surface area contributed by atoms with Crippen molar-refractivity contribution in [3.05, 3.63) is 64.7 Å². The van der Waals surface area contributed by atoms with Crippen LogP contribution in [-0.2, 0) is 19.3 Å². The molecule has 26 heavy (non-hydrogen) atoms. The van der Waals surface area contributed by atoms with E-state index in [0.29, 0.717) is 18.1 Å². The monoisotopic (exact) mass is 350 g/mol. The molecule has 1 aliphatic rings. The Labute approximate surface area is 154 Å². The Bertz CT molecular complexity index is 813. The van der Waals surface area contributed by atoms with E-state index in [1.54, 1.807) is 13.1 Å². The predicted molar refractivity (Wildman–Crippen MR) is 107 cm³/mol. The molecule has 1 aliphatic carbocycles. The zero-order valence-electron chi connectivity index (χ0n) is 15.2. The zero-order valence-corrected chi connectivity index (χ0v) is 15.2. The van der Waals surface area contributed by atoms with Crippen molar-refractivity contribution in [2.45, 2.75) is 32.1 Å². The summed E-state index contributed by atoms with van der Waals surface area (Å²) in [4.78, 5) is 16.1. The molecule has 0 bridgehead atoms. The van der Waals surface area contributed by atoms with Crippen molar-refractivity contribution >= 4 is 17.6 Å². The van der Waals surface area contributed by atoms with Crippen molar-refractivity contribution in [3.63, 3.8) is 0 Å². The molecule has 1 amide bonds. The number of fused-ring (bicyclic) bond motifs is 1. The zero-order chi connectivity index (χ0) is 18.4. The second-order valence-corrected chi connectivity index (χ2v) is 6.57. The van der Waals surface area contributed by atoms with E-state index in [1.165, 1.54) is 24.0 Å². The van der Waals surface area contributed by atoms with E-state index in [0.717, 1.165) is 30.5 Å². The largest absolute Gasteiger partial charge is 0.370 e. The molecule has 0 saturated carbocycles. The van der Waals surface area contributed by atoms with Gasteiger partial charge in [0.1, 0.15) is 0 Å². The molecule has 0 fully saturated rings. The molecule has 2 aromatic carbocycles. The van der Waals surface area contributed by atoms with Gasteiger partial charge in [-0.2, -0.15) is 0 Å². The van der Waals surface area contributed by atoms with E-state index >= 15 is 0 Å². The van der Waals surface area contributed by atoms with Gasteiger partial charge in [0.2, 0.25) is 0 Å². The molecule has 0 heterocycles. The summed E-state index contributed by atoms with van der Waals surface area (Å²) in [6, 6.07) is 13.9. The molecule has 5 heteroatoms. The molecule has 0 atom stereocenters. The lowest BCUT2D eigenvalue weighted by Crippen LogP contribution is -2.24. The average Bonchev–Trinajstić information content (AvgIpc) is 2.68. The van der Waals surface area contributed by atoms with Gasteiger partial charge in [-0.1, -0.05) is 24.3 Å². The molecule has 5 nitrogen and oxygen atoms in total. The van der Waals surface area contributed by atoms with Crippen LogP contribution in [-0.4, -0.2) is 25.5 Å². The summed E-state index contributed by atoms with van der Waals surface area (Å²) >= 11 is 0. The number of guanidine groups is 1. The number of carbonyl (C=O) groups excluding carboxylic acids is 1. The van der Waals surface area contributed by atoms with E-state index < -0.39 is 0 Å². The minimum Gasteiger partial charge on any atom is -0.370 e. The van der Waals surface area contributed by atoms with Crippen molar-refractivity contribution in [2.75, 3.05) is 18.9 Å². The molecule has 0 aromatic heterocycles. The fourth-order valence-corrected chi connectivity index (χ4v) is 3.39. The molecule has 0 spiro atoms. The van der Waals surface area contributed by atoms with Gasteiger partial charge in [-0.3, -0.25) is 9.79 Å². The summed E-state index contributed by atoms with van der Waals surface area (Å²) in [5, 5.41) is 5.90. The number of nitrogens with two attached hydrogens (primary N) is 1. The summed E-state index contributed by atoms with van der Waals surface area (Å²) in [5.41, 5.74) is 11.7. The van der Waals surface area contributed by atoms with Crippen LogP contribution in [0.25, 0.3) is 0 Å². The van der Waals surface area contributed by atoms with Crippen molar-refractivity contribution in [1.29, 1.82) is 0 Å². The third-order valence-electron chi connectivity index (χ3n) is 4.76. The van der Waals surface area contributed by atoms with Gasteiger partial charge >= 0.3 is 0 Å². The summed E-state index contributed by atoms with van der Waals surface area (Å²) in [5.74, 6) is 0.358. The number of hydrogen-bond acceptors (Lipinski definition) is 2. The van der Waals surface area contributed by atoms with Gasteiger partial charge in [0, 0.05) is 24.8 Å². The van der Waals surface area contributed by atoms with Crippen LogP contribution in [0.4, 0.5) is 5.69 Å². The first kappa shape index (κ1) is 18.0. The standard InChI is InChI=1S/C21H26N4O/c1-23-20(26)17-9-4-6-15(14-17)12-13-24-21(22)25-19-11-5-8-16-7-2-3-10-18(16)19/h4-6,8-9,11,14H,2-3,7,10,12-13H2,1H3,(H,23,26)(H3,22,24,25). The molecular weight excluding hydrogens is 324 g/mol. The third-order valence-corrected chi connectivity index (χ3v) is 4.76. The van der Waals surface area contributed by atoms with Gasteiger partial charge in [-0.05, 0) is 67.0 Å². The summed E-state index contributed by atoms with van der Waals surface area (Å²) in [6.45, 7) is 0.574. The normalized spacial score (nSPS) is 13.8. The van der Waals surface area contributed by atoms with Crippen LogP contribution in [0.3, 0.4) is 0 Å². The number of nitrogens with zero attached hydrogens (tertiary/aromatic N) is 1. The number of aliphatic imine (C=N–C) groups is 1. The van der Waals surface area contributed by atoms with Crippen molar-refractivity contribution < 1.29 is 4.79 Å². The molecule has 4 N–H and O–H groups in total. The second kappa shape index (κ2) is 8.52. The molecule has 3 rings (SSSR count). The van der Waals surface area contributed by atoms with Gasteiger partial charge in [-0.15, -0.1) is 0 Å². The Kier molecular flexibility index (Phi) is 5.89. The number of hydrogen-bond donors (Lipinski definition) is 3. The highest BCUT2D eigenvalue weighted by Gasteiger charge is 2.13. The van der Waals surface area contributed by atoms with Crippen LogP contribution < -0.4 is 16.4 Å². The van der Waals surface area contributed by atoms with E-state index in [4.69, 9.17) is 5.73 Å². The van der Waals surface area contributed by atoms with Crippen LogP contribution in [0.2, 0.25) is 0 Å². The van der Waals surface area contributed by atoms with Gasteiger partial charge in [0.15, 0.2) is 5.96 Å². The van der Waals surface area contributed by atoms with Crippen LogP contribution in [0, 0.1) is 0 Å². The molecular formula is C21H26N4O. The Balaban J connectivity index is 1.60. The number of rotatable bonds is 5. The number of nitrogens with one attached hydrogen (secondary N) is 2. The lowest BCUT2D eigenvalue weighted by molar-refractivity contribution is 0.0963. The fourth-order valence-electron chi connectivity index (χ4n) is 3.39. The van der Waals surface area contributed by atoms with Crippen LogP contribution in [0.15, 0.2) is 47.5 Å². The second-order valence-electron chi connectivity index (χ2n) is 6.57. The Morgan fingerprint density at radius 3 is 2.81 bits per heavy atom. The molecule has 2 aromatic rings. The third kappa shape index (κ3) is 4.42. The van der Waals surface area contributed by atoms with Crippen molar-refractivity contribution in [3.8, 4) is 0 Å². The topological polar surface area (TPSA) is 79.5 Å². The highest BCUT2D eigenvalue weighted by atomic mass is 16.1. The number of carbonyl (C=O) groups is 1. The maximum Gasteiger partial charge on any atom is 0.251 e. The van der Waals surface area contributed by atoms with Gasteiger partial charge in [-0.25, -0.2) is 0 Å². The number of benzene rings is 2. The minimum absolute atomic E-state index is 0.0783. The summed E-state index contributed by atoms with van der Waals surface area (Å²) in [6.07, 6.45) is 5.46. The van der Waals surface area contributed by atoms with Gasteiger partial charge < -0.3 is 16.4 Å². The molecule has 136 valence electrons. The Morgan fingerprint density at radius 2 is 1.96 bits per heavy atom. The quantitative estimate of drug-likeness (QED) is 0.573. The maximum absolute atomic E-state index is 11.7. The van der Waals surface area contributed by atoms with Crippen LogP contribution in [0.1, 0.15) is 39.9 Å². The molecule has 0 unspecified atom stereocenters. The average molecular weight is 350 g/mol.